The topological polar surface area (TPSA) is 17.8 Å². The van der Waals surface area contributed by atoms with Crippen LogP contribution in [0.15, 0.2) is 18.3 Å². The molecule has 0 N–H and O–H groups in total. The van der Waals surface area contributed by atoms with Crippen LogP contribution in [0.5, 0.6) is 0 Å². The smallest absolute Gasteiger partial charge is 0.0737 e. The summed E-state index contributed by atoms with van der Waals surface area (Å²) in [5, 5.41) is 6.58. The summed E-state index contributed by atoms with van der Waals surface area (Å²) in [6.07, 6.45) is 4.44. The van der Waals surface area contributed by atoms with E-state index in [0.29, 0.717) is 6.04 Å². The van der Waals surface area contributed by atoms with E-state index < -0.39 is 0 Å². The number of hydrogen-bond donors (Lipinski definition) is 0. The van der Waals surface area contributed by atoms with Gasteiger partial charge >= 0.3 is 0 Å². The molecular formula is C14H17ClN2. The van der Waals surface area contributed by atoms with Crippen LogP contribution in [0.4, 0.5) is 0 Å². The number of fused-ring (bicyclic) bond motifs is 1. The maximum Gasteiger partial charge on any atom is 0.0737 e. The monoisotopic (exact) mass is 248 g/mol. The Bertz CT molecular complexity index is 574. The molecule has 2 aromatic rings. The largest absolute Gasteiger partial charge is 0.261 e. The molecule has 3 rings (SSSR count). The number of nitrogens with zero attached hydrogens (tertiary/aromatic N) is 2. The molecule has 0 bridgehead atoms. The average molecular weight is 249 g/mol. The summed E-state index contributed by atoms with van der Waals surface area (Å²) in [6, 6.07) is 4.65. The minimum atomic E-state index is 0.0449. The van der Waals surface area contributed by atoms with Gasteiger partial charge in [-0.15, -0.1) is 0 Å². The molecule has 1 aliphatic carbocycles. The molecule has 1 aromatic heterocycles. The molecule has 1 saturated carbocycles. The van der Waals surface area contributed by atoms with E-state index in [1.54, 1.807) is 0 Å². The lowest BCUT2D eigenvalue weighted by molar-refractivity contribution is 0.583. The van der Waals surface area contributed by atoms with Crippen molar-refractivity contribution in [1.29, 1.82) is 0 Å². The fraction of sp³-hybridized carbons (Fsp3) is 0.500. The average Bonchev–Trinajstić information content (AvgIpc) is 2.97. The van der Waals surface area contributed by atoms with E-state index in [-0.39, 0.29) is 5.41 Å². The summed E-state index contributed by atoms with van der Waals surface area (Å²) in [6.45, 7) is 6.62. The molecule has 0 aliphatic heterocycles. The third kappa shape index (κ3) is 1.75. The Hall–Kier alpha value is -1.02. The lowest BCUT2D eigenvalue weighted by Crippen LogP contribution is -2.14. The van der Waals surface area contributed by atoms with Gasteiger partial charge in [0.05, 0.1) is 17.8 Å². The second-order valence-electron chi connectivity index (χ2n) is 5.93. The molecule has 0 saturated heterocycles. The minimum absolute atomic E-state index is 0.0449. The molecule has 1 heterocycles. The highest BCUT2D eigenvalue weighted by molar-refractivity contribution is 6.32. The van der Waals surface area contributed by atoms with E-state index in [0.717, 1.165) is 5.02 Å². The number of rotatable bonds is 1. The summed E-state index contributed by atoms with van der Waals surface area (Å²) >= 11 is 6.40. The van der Waals surface area contributed by atoms with Gasteiger partial charge in [-0.25, -0.2) is 0 Å². The van der Waals surface area contributed by atoms with Crippen molar-refractivity contribution in [3.8, 4) is 0 Å². The fourth-order valence-corrected chi connectivity index (χ4v) is 2.86. The second kappa shape index (κ2) is 3.49. The number of halogens is 1. The van der Waals surface area contributed by atoms with Crippen molar-refractivity contribution in [2.75, 3.05) is 0 Å². The van der Waals surface area contributed by atoms with E-state index in [9.17, 15) is 0 Å². The molecule has 0 radical (unpaired) electrons. The molecule has 0 atom stereocenters. The first-order valence-electron chi connectivity index (χ1n) is 6.14. The highest BCUT2D eigenvalue weighted by Crippen LogP contribution is 2.41. The molecule has 1 aliphatic rings. The van der Waals surface area contributed by atoms with Gasteiger partial charge in [-0.3, -0.25) is 4.68 Å². The third-order valence-electron chi connectivity index (χ3n) is 3.35. The van der Waals surface area contributed by atoms with E-state index in [4.69, 9.17) is 11.6 Å². The Morgan fingerprint density at radius 2 is 2.00 bits per heavy atom. The van der Waals surface area contributed by atoms with Crippen molar-refractivity contribution < 1.29 is 0 Å². The van der Waals surface area contributed by atoms with Crippen LogP contribution in [0, 0.1) is 0 Å². The summed E-state index contributed by atoms with van der Waals surface area (Å²) in [5.74, 6) is 0. The molecule has 17 heavy (non-hydrogen) atoms. The first-order chi connectivity index (χ1) is 7.98. The van der Waals surface area contributed by atoms with Gasteiger partial charge in [0.25, 0.3) is 0 Å². The lowest BCUT2D eigenvalue weighted by Gasteiger charge is -2.22. The summed E-state index contributed by atoms with van der Waals surface area (Å²) in [7, 11) is 0. The van der Waals surface area contributed by atoms with Crippen LogP contribution in [0.25, 0.3) is 10.9 Å². The SMILES string of the molecule is CC(C)(C)c1c(Cl)ccc2cnn(C3CC3)c12. The van der Waals surface area contributed by atoms with Crippen molar-refractivity contribution in [3.63, 3.8) is 0 Å². The Labute approximate surface area is 107 Å². The van der Waals surface area contributed by atoms with Crippen LogP contribution in [0.1, 0.15) is 45.2 Å². The normalized spacial score (nSPS) is 16.7. The standard InChI is InChI=1S/C14H17ClN2/c1-14(2,3)12-11(15)7-4-9-8-16-17(13(9)12)10-5-6-10/h4,7-8,10H,5-6H2,1-3H3. The lowest BCUT2D eigenvalue weighted by atomic mass is 9.85. The zero-order valence-electron chi connectivity index (χ0n) is 10.5. The molecule has 0 unspecified atom stereocenters. The van der Waals surface area contributed by atoms with Crippen molar-refractivity contribution in [2.24, 2.45) is 0 Å². The first kappa shape index (κ1) is 11.1. The predicted molar refractivity (Wildman–Crippen MR) is 71.7 cm³/mol. The molecule has 3 heteroatoms. The number of hydrogen-bond acceptors (Lipinski definition) is 1. The molecule has 90 valence electrons. The second-order valence-corrected chi connectivity index (χ2v) is 6.34. The Morgan fingerprint density at radius 1 is 1.29 bits per heavy atom. The zero-order valence-corrected chi connectivity index (χ0v) is 11.3. The molecular weight excluding hydrogens is 232 g/mol. The first-order valence-corrected chi connectivity index (χ1v) is 6.52. The predicted octanol–water partition coefficient (Wildman–Crippen LogP) is 4.32. The van der Waals surface area contributed by atoms with Crippen LogP contribution in [-0.2, 0) is 5.41 Å². The van der Waals surface area contributed by atoms with Gasteiger partial charge in [-0.2, -0.15) is 5.10 Å². The maximum atomic E-state index is 6.40. The van der Waals surface area contributed by atoms with Crippen molar-refractivity contribution in [1.82, 2.24) is 9.78 Å². The van der Waals surface area contributed by atoms with Crippen LogP contribution in [-0.4, -0.2) is 9.78 Å². The molecule has 0 spiro atoms. The number of aromatic nitrogens is 2. The quantitative estimate of drug-likeness (QED) is 0.735. The Balaban J connectivity index is 2.36. The van der Waals surface area contributed by atoms with Gasteiger partial charge in [0, 0.05) is 16.0 Å². The molecule has 1 aromatic carbocycles. The Morgan fingerprint density at radius 3 is 2.59 bits per heavy atom. The van der Waals surface area contributed by atoms with Crippen molar-refractivity contribution in [3.05, 3.63) is 28.9 Å². The minimum Gasteiger partial charge on any atom is -0.261 e. The van der Waals surface area contributed by atoms with Gasteiger partial charge in [0.2, 0.25) is 0 Å². The van der Waals surface area contributed by atoms with E-state index >= 15 is 0 Å². The van der Waals surface area contributed by atoms with Crippen molar-refractivity contribution in [2.45, 2.75) is 45.1 Å². The van der Waals surface area contributed by atoms with Crippen LogP contribution < -0.4 is 0 Å². The fourth-order valence-electron chi connectivity index (χ4n) is 2.43. The molecule has 0 amide bonds. The van der Waals surface area contributed by atoms with Gasteiger partial charge in [-0.1, -0.05) is 32.4 Å². The maximum absolute atomic E-state index is 6.40. The van der Waals surface area contributed by atoms with Gasteiger partial charge < -0.3 is 0 Å². The van der Waals surface area contributed by atoms with Crippen LogP contribution in [0.2, 0.25) is 5.02 Å². The van der Waals surface area contributed by atoms with Crippen molar-refractivity contribution >= 4 is 22.5 Å². The Kier molecular flexibility index (Phi) is 2.27. The van der Waals surface area contributed by atoms with Gasteiger partial charge in [0.15, 0.2) is 0 Å². The third-order valence-corrected chi connectivity index (χ3v) is 3.67. The van der Waals surface area contributed by atoms with Gasteiger partial charge in [0.1, 0.15) is 0 Å². The summed E-state index contributed by atoms with van der Waals surface area (Å²) in [5.41, 5.74) is 2.50. The zero-order chi connectivity index (χ0) is 12.2. The van der Waals surface area contributed by atoms with Crippen LogP contribution >= 0.6 is 11.6 Å². The highest BCUT2D eigenvalue weighted by atomic mass is 35.5. The van der Waals surface area contributed by atoms with E-state index in [2.05, 4.69) is 36.6 Å². The van der Waals surface area contributed by atoms with Crippen LogP contribution in [0.3, 0.4) is 0 Å². The van der Waals surface area contributed by atoms with E-state index in [1.165, 1.54) is 29.3 Å². The highest BCUT2D eigenvalue weighted by Gasteiger charge is 2.30. The van der Waals surface area contributed by atoms with Gasteiger partial charge in [-0.05, 0) is 30.4 Å². The van der Waals surface area contributed by atoms with E-state index in [1.807, 2.05) is 12.3 Å². The summed E-state index contributed by atoms with van der Waals surface area (Å²) in [4.78, 5) is 0. The molecule has 2 nitrogen and oxygen atoms in total. The molecule has 1 fully saturated rings. The number of benzene rings is 1. The summed E-state index contributed by atoms with van der Waals surface area (Å²) < 4.78 is 2.17.